The summed E-state index contributed by atoms with van der Waals surface area (Å²) in [6.45, 7) is 12.6. The van der Waals surface area contributed by atoms with Crippen LogP contribution in [0.25, 0.3) is 0 Å². The van der Waals surface area contributed by atoms with Gasteiger partial charge in [-0.25, -0.2) is 4.98 Å². The van der Waals surface area contributed by atoms with Crippen LogP contribution < -0.4 is 10.6 Å². The summed E-state index contributed by atoms with van der Waals surface area (Å²) in [5.74, 6) is 1.44. The van der Waals surface area contributed by atoms with E-state index in [0.717, 1.165) is 57.1 Å². The van der Waals surface area contributed by atoms with Crippen molar-refractivity contribution in [3.8, 4) is 0 Å². The van der Waals surface area contributed by atoms with Crippen molar-refractivity contribution in [3.05, 3.63) is 52.0 Å². The highest BCUT2D eigenvalue weighted by Crippen LogP contribution is 2.20. The second kappa shape index (κ2) is 11.5. The fourth-order valence-electron chi connectivity index (χ4n) is 3.90. The van der Waals surface area contributed by atoms with Crippen LogP contribution in [0.15, 0.2) is 40.7 Å². The van der Waals surface area contributed by atoms with E-state index in [0.29, 0.717) is 18.0 Å². The molecule has 164 valence electrons. The molecule has 0 spiro atoms. The van der Waals surface area contributed by atoms with Crippen LogP contribution in [0.3, 0.4) is 0 Å². The van der Waals surface area contributed by atoms with Crippen LogP contribution in [0, 0.1) is 0 Å². The molecule has 0 radical (unpaired) electrons. The molecule has 0 bridgehead atoms. The van der Waals surface area contributed by atoms with Gasteiger partial charge in [0.1, 0.15) is 0 Å². The van der Waals surface area contributed by atoms with E-state index in [4.69, 9.17) is 9.98 Å². The first-order valence-corrected chi connectivity index (χ1v) is 12.2. The van der Waals surface area contributed by atoms with Crippen LogP contribution in [0.2, 0.25) is 0 Å². The van der Waals surface area contributed by atoms with Gasteiger partial charge in [0, 0.05) is 56.0 Å². The summed E-state index contributed by atoms with van der Waals surface area (Å²) >= 11 is 1.76. The predicted molar refractivity (Wildman–Crippen MR) is 128 cm³/mol. The first-order chi connectivity index (χ1) is 14.5. The number of nitrogens with zero attached hydrogens (tertiary/aromatic N) is 3. The number of benzene rings is 1. The average molecular weight is 428 g/mol. The summed E-state index contributed by atoms with van der Waals surface area (Å²) in [6, 6.07) is 11.8. The SMILES string of the molecule is CCNC(=NCCc1csc(C(C)C)n1)NC1CCN(Cc2ccccc2)C(C)C1. The fourth-order valence-corrected chi connectivity index (χ4v) is 4.77. The third-order valence-corrected chi connectivity index (χ3v) is 6.82. The number of piperidine rings is 1. The molecule has 6 heteroatoms. The smallest absolute Gasteiger partial charge is 0.191 e. The molecular formula is C24H37N5S. The quantitative estimate of drug-likeness (QED) is 0.484. The van der Waals surface area contributed by atoms with Crippen LogP contribution in [0.4, 0.5) is 0 Å². The third kappa shape index (κ3) is 6.81. The number of nitrogens with one attached hydrogen (secondary N) is 2. The van der Waals surface area contributed by atoms with Crippen molar-refractivity contribution in [1.82, 2.24) is 20.5 Å². The Morgan fingerprint density at radius 1 is 1.30 bits per heavy atom. The summed E-state index contributed by atoms with van der Waals surface area (Å²) in [4.78, 5) is 12.1. The van der Waals surface area contributed by atoms with E-state index in [2.05, 4.69) is 78.9 Å². The van der Waals surface area contributed by atoms with Crippen molar-refractivity contribution >= 4 is 17.3 Å². The Labute approximate surface area is 186 Å². The number of guanidine groups is 1. The average Bonchev–Trinajstić information content (AvgIpc) is 3.20. The molecule has 1 fully saturated rings. The molecule has 0 amide bonds. The van der Waals surface area contributed by atoms with E-state index in [1.165, 1.54) is 10.6 Å². The highest BCUT2D eigenvalue weighted by atomic mass is 32.1. The first kappa shape index (κ1) is 22.8. The van der Waals surface area contributed by atoms with Gasteiger partial charge in [0.25, 0.3) is 0 Å². The lowest BCUT2D eigenvalue weighted by atomic mass is 9.97. The summed E-state index contributed by atoms with van der Waals surface area (Å²) < 4.78 is 0. The molecule has 3 rings (SSSR count). The normalized spacial score (nSPS) is 20.5. The highest BCUT2D eigenvalue weighted by Gasteiger charge is 2.25. The number of hydrogen-bond donors (Lipinski definition) is 2. The van der Waals surface area contributed by atoms with Gasteiger partial charge >= 0.3 is 0 Å². The van der Waals surface area contributed by atoms with Gasteiger partial charge in [-0.3, -0.25) is 9.89 Å². The van der Waals surface area contributed by atoms with Crippen LogP contribution in [-0.2, 0) is 13.0 Å². The van der Waals surface area contributed by atoms with E-state index >= 15 is 0 Å². The molecule has 2 N–H and O–H groups in total. The maximum atomic E-state index is 4.81. The van der Waals surface area contributed by atoms with Crippen molar-refractivity contribution in [2.75, 3.05) is 19.6 Å². The number of rotatable bonds is 8. The zero-order chi connectivity index (χ0) is 21.3. The van der Waals surface area contributed by atoms with Crippen LogP contribution in [0.1, 0.15) is 62.7 Å². The van der Waals surface area contributed by atoms with Crippen molar-refractivity contribution in [2.24, 2.45) is 4.99 Å². The standard InChI is InChI=1S/C24H37N5S/c1-5-25-24(26-13-11-22-17-30-23(27-22)18(2)3)28-21-12-14-29(19(4)15-21)16-20-9-7-6-8-10-20/h6-10,17-19,21H,5,11-16H2,1-4H3,(H2,25,26,28). The molecule has 1 aromatic carbocycles. The zero-order valence-corrected chi connectivity index (χ0v) is 19.7. The fraction of sp³-hybridized carbons (Fsp3) is 0.583. The number of likely N-dealkylation sites (tertiary alicyclic amines) is 1. The Hall–Kier alpha value is -1.92. The lowest BCUT2D eigenvalue weighted by molar-refractivity contribution is 0.134. The molecule has 1 aliphatic heterocycles. The summed E-state index contributed by atoms with van der Waals surface area (Å²) in [5, 5.41) is 10.5. The molecule has 1 aromatic heterocycles. The molecule has 0 aliphatic carbocycles. The predicted octanol–water partition coefficient (Wildman–Crippen LogP) is 4.42. The van der Waals surface area contributed by atoms with E-state index in [9.17, 15) is 0 Å². The van der Waals surface area contributed by atoms with Crippen molar-refractivity contribution in [3.63, 3.8) is 0 Å². The summed E-state index contributed by atoms with van der Waals surface area (Å²) in [6.07, 6.45) is 3.18. The number of aromatic nitrogens is 1. The monoisotopic (exact) mass is 427 g/mol. The molecule has 1 aliphatic rings. The second-order valence-electron chi connectivity index (χ2n) is 8.51. The zero-order valence-electron chi connectivity index (χ0n) is 18.9. The molecular weight excluding hydrogens is 390 g/mol. The van der Waals surface area contributed by atoms with Crippen LogP contribution >= 0.6 is 11.3 Å². The Bertz CT molecular complexity index is 786. The molecule has 2 atom stereocenters. The molecule has 0 saturated carbocycles. The van der Waals surface area contributed by atoms with E-state index < -0.39 is 0 Å². The topological polar surface area (TPSA) is 52.6 Å². The summed E-state index contributed by atoms with van der Waals surface area (Å²) in [7, 11) is 0. The van der Waals surface area contributed by atoms with Gasteiger partial charge in [0.15, 0.2) is 5.96 Å². The van der Waals surface area contributed by atoms with Gasteiger partial charge in [-0.2, -0.15) is 0 Å². The Balaban J connectivity index is 1.49. The number of hydrogen-bond acceptors (Lipinski definition) is 4. The molecule has 1 saturated heterocycles. The number of aliphatic imine (C=N–C) groups is 1. The molecule has 2 unspecified atom stereocenters. The minimum Gasteiger partial charge on any atom is -0.357 e. The van der Waals surface area contributed by atoms with Gasteiger partial charge < -0.3 is 10.6 Å². The third-order valence-electron chi connectivity index (χ3n) is 5.63. The Morgan fingerprint density at radius 3 is 2.77 bits per heavy atom. The molecule has 30 heavy (non-hydrogen) atoms. The van der Waals surface area contributed by atoms with Crippen molar-refractivity contribution in [1.29, 1.82) is 0 Å². The molecule has 2 aromatic rings. The first-order valence-electron chi connectivity index (χ1n) is 11.3. The largest absolute Gasteiger partial charge is 0.357 e. The number of thiazole rings is 1. The second-order valence-corrected chi connectivity index (χ2v) is 9.40. The highest BCUT2D eigenvalue weighted by molar-refractivity contribution is 7.09. The van der Waals surface area contributed by atoms with Gasteiger partial charge in [0.2, 0.25) is 0 Å². The van der Waals surface area contributed by atoms with Gasteiger partial charge in [-0.15, -0.1) is 11.3 Å². The molecule has 5 nitrogen and oxygen atoms in total. The van der Waals surface area contributed by atoms with Crippen LogP contribution in [0.5, 0.6) is 0 Å². The van der Waals surface area contributed by atoms with E-state index in [1.54, 1.807) is 11.3 Å². The maximum Gasteiger partial charge on any atom is 0.191 e. The maximum absolute atomic E-state index is 4.81. The Kier molecular flexibility index (Phi) is 8.70. The van der Waals surface area contributed by atoms with Crippen molar-refractivity contribution < 1.29 is 0 Å². The summed E-state index contributed by atoms with van der Waals surface area (Å²) in [5.41, 5.74) is 2.56. The molecule has 2 heterocycles. The van der Waals surface area contributed by atoms with E-state index in [1.807, 2.05) is 0 Å². The van der Waals surface area contributed by atoms with Crippen LogP contribution in [-0.4, -0.2) is 47.6 Å². The van der Waals surface area contributed by atoms with Gasteiger partial charge in [-0.05, 0) is 32.3 Å². The Morgan fingerprint density at radius 2 is 2.10 bits per heavy atom. The minimum atomic E-state index is 0.469. The van der Waals surface area contributed by atoms with Gasteiger partial charge in [-0.1, -0.05) is 44.2 Å². The van der Waals surface area contributed by atoms with Crippen molar-refractivity contribution in [2.45, 2.75) is 71.5 Å². The van der Waals surface area contributed by atoms with Gasteiger partial charge in [0.05, 0.1) is 10.7 Å². The lowest BCUT2D eigenvalue weighted by Gasteiger charge is -2.38. The lowest BCUT2D eigenvalue weighted by Crippen LogP contribution is -2.51. The minimum absolute atomic E-state index is 0.469. The van der Waals surface area contributed by atoms with E-state index in [-0.39, 0.29) is 0 Å².